The molecular formula is C13H10ClNO. The van der Waals surface area contributed by atoms with E-state index in [0.717, 1.165) is 23.0 Å². The first-order valence-corrected chi connectivity index (χ1v) is 5.26. The van der Waals surface area contributed by atoms with E-state index in [9.17, 15) is 4.79 Å². The quantitative estimate of drug-likeness (QED) is 0.585. The fourth-order valence-electron chi connectivity index (χ4n) is 1.57. The third-order valence-electron chi connectivity index (χ3n) is 2.46. The van der Waals surface area contributed by atoms with Crippen molar-refractivity contribution >= 4 is 17.9 Å². The lowest BCUT2D eigenvalue weighted by atomic mass is 10.0. The number of halogens is 1. The molecule has 2 nitrogen and oxygen atoms in total. The molecule has 0 radical (unpaired) electrons. The number of rotatable bonds is 2. The lowest BCUT2D eigenvalue weighted by Crippen LogP contribution is -1.87. The van der Waals surface area contributed by atoms with Crippen LogP contribution in [0, 0.1) is 6.92 Å². The van der Waals surface area contributed by atoms with Gasteiger partial charge < -0.3 is 0 Å². The molecular weight excluding hydrogens is 222 g/mol. The molecule has 0 amide bonds. The van der Waals surface area contributed by atoms with Crippen LogP contribution >= 0.6 is 11.6 Å². The molecule has 0 bridgehead atoms. The summed E-state index contributed by atoms with van der Waals surface area (Å²) in [5, 5.41) is 0.467. The molecule has 80 valence electrons. The first-order valence-electron chi connectivity index (χ1n) is 4.88. The Morgan fingerprint density at radius 3 is 2.56 bits per heavy atom. The molecule has 1 aromatic carbocycles. The Labute approximate surface area is 98.9 Å². The lowest BCUT2D eigenvalue weighted by molar-refractivity contribution is 0.112. The summed E-state index contributed by atoms with van der Waals surface area (Å²) in [7, 11) is 0. The van der Waals surface area contributed by atoms with E-state index in [1.165, 1.54) is 0 Å². The first kappa shape index (κ1) is 10.8. The zero-order valence-corrected chi connectivity index (χ0v) is 9.53. The third kappa shape index (κ3) is 2.12. The Morgan fingerprint density at radius 1 is 1.19 bits per heavy atom. The number of nitrogens with zero attached hydrogens (tertiary/aromatic N) is 1. The third-order valence-corrected chi connectivity index (χ3v) is 2.66. The van der Waals surface area contributed by atoms with Gasteiger partial charge >= 0.3 is 0 Å². The summed E-state index contributed by atoms with van der Waals surface area (Å²) in [6.07, 6.45) is 2.53. The molecule has 2 rings (SSSR count). The number of pyridine rings is 1. The van der Waals surface area contributed by atoms with Crippen molar-refractivity contribution in [3.63, 3.8) is 0 Å². The number of carbonyl (C=O) groups excluding carboxylic acids is 1. The molecule has 16 heavy (non-hydrogen) atoms. The molecule has 1 aromatic heterocycles. The Bertz CT molecular complexity index is 537. The van der Waals surface area contributed by atoms with Crippen LogP contribution in [0.2, 0.25) is 5.15 Å². The van der Waals surface area contributed by atoms with Crippen LogP contribution in [0.1, 0.15) is 15.9 Å². The van der Waals surface area contributed by atoms with Crippen molar-refractivity contribution in [2.24, 2.45) is 0 Å². The zero-order chi connectivity index (χ0) is 11.5. The second-order valence-corrected chi connectivity index (χ2v) is 3.94. The number of carbonyl (C=O) groups is 1. The molecule has 0 N–H and O–H groups in total. The summed E-state index contributed by atoms with van der Waals surface area (Å²) in [6, 6.07) is 9.38. The van der Waals surface area contributed by atoms with Gasteiger partial charge in [0, 0.05) is 11.8 Å². The second-order valence-electron chi connectivity index (χ2n) is 3.56. The summed E-state index contributed by atoms with van der Waals surface area (Å²) < 4.78 is 0. The van der Waals surface area contributed by atoms with Crippen molar-refractivity contribution in [2.75, 3.05) is 0 Å². The smallest absolute Gasteiger partial charge is 0.150 e. The van der Waals surface area contributed by atoms with Crippen LogP contribution in [0.5, 0.6) is 0 Å². The van der Waals surface area contributed by atoms with Gasteiger partial charge in [-0.15, -0.1) is 0 Å². The van der Waals surface area contributed by atoms with Gasteiger partial charge in [-0.2, -0.15) is 0 Å². The van der Waals surface area contributed by atoms with Crippen molar-refractivity contribution in [3.05, 3.63) is 52.8 Å². The minimum atomic E-state index is 0.467. The molecule has 1 heterocycles. The molecule has 0 spiro atoms. The highest BCUT2D eigenvalue weighted by atomic mass is 35.5. The first-order chi connectivity index (χ1) is 7.70. The van der Waals surface area contributed by atoms with E-state index in [-0.39, 0.29) is 0 Å². The number of aldehydes is 1. The summed E-state index contributed by atoms with van der Waals surface area (Å²) in [6.45, 7) is 1.91. The predicted octanol–water partition coefficient (Wildman–Crippen LogP) is 3.52. The van der Waals surface area contributed by atoms with Gasteiger partial charge in [-0.25, -0.2) is 4.98 Å². The largest absolute Gasteiger partial charge is 0.298 e. The van der Waals surface area contributed by atoms with Gasteiger partial charge in [0.25, 0.3) is 0 Å². The Hall–Kier alpha value is -1.67. The van der Waals surface area contributed by atoms with Gasteiger partial charge in [0.05, 0.1) is 0 Å². The van der Waals surface area contributed by atoms with Crippen molar-refractivity contribution in [2.45, 2.75) is 6.92 Å². The molecule has 0 aliphatic carbocycles. The second kappa shape index (κ2) is 4.45. The van der Waals surface area contributed by atoms with Crippen molar-refractivity contribution in [3.8, 4) is 11.1 Å². The topological polar surface area (TPSA) is 30.0 Å². The van der Waals surface area contributed by atoms with Crippen molar-refractivity contribution in [1.82, 2.24) is 4.98 Å². The lowest BCUT2D eigenvalue weighted by Gasteiger charge is -2.04. The number of hydrogen-bond acceptors (Lipinski definition) is 2. The van der Waals surface area contributed by atoms with Crippen molar-refractivity contribution in [1.29, 1.82) is 0 Å². The number of aromatic nitrogens is 1. The van der Waals surface area contributed by atoms with E-state index in [1.54, 1.807) is 12.3 Å². The molecule has 0 unspecified atom stereocenters. The van der Waals surface area contributed by atoms with Gasteiger partial charge in [0.1, 0.15) is 11.4 Å². The summed E-state index contributed by atoms with van der Waals surface area (Å²) in [5.74, 6) is 0. The van der Waals surface area contributed by atoms with Crippen LogP contribution in [0.3, 0.4) is 0 Å². The van der Waals surface area contributed by atoms with E-state index in [4.69, 9.17) is 11.6 Å². The van der Waals surface area contributed by atoms with Crippen LogP contribution in [-0.4, -0.2) is 11.3 Å². The number of hydrogen-bond donors (Lipinski definition) is 0. The summed E-state index contributed by atoms with van der Waals surface area (Å²) >= 11 is 5.83. The molecule has 0 atom stereocenters. The molecule has 0 saturated heterocycles. The standard InChI is InChI=1S/C13H10ClNO/c1-9-6-10(2-3-12(9)8-16)11-4-5-15-13(14)7-11/h2-8H,1H3. The molecule has 0 aliphatic rings. The van der Waals surface area contributed by atoms with Crippen LogP contribution in [0.15, 0.2) is 36.5 Å². The Kier molecular flexibility index (Phi) is 3.02. The van der Waals surface area contributed by atoms with E-state index < -0.39 is 0 Å². The fourth-order valence-corrected chi connectivity index (χ4v) is 1.74. The monoisotopic (exact) mass is 231 g/mol. The Morgan fingerprint density at radius 2 is 1.94 bits per heavy atom. The van der Waals surface area contributed by atoms with Crippen LogP contribution < -0.4 is 0 Å². The van der Waals surface area contributed by atoms with E-state index in [2.05, 4.69) is 4.98 Å². The van der Waals surface area contributed by atoms with Gasteiger partial charge in [0.2, 0.25) is 0 Å². The van der Waals surface area contributed by atoms with Gasteiger partial charge in [0.15, 0.2) is 0 Å². The van der Waals surface area contributed by atoms with E-state index in [1.807, 2.05) is 31.2 Å². The summed E-state index contributed by atoms with van der Waals surface area (Å²) in [4.78, 5) is 14.6. The van der Waals surface area contributed by atoms with Crippen LogP contribution in [0.25, 0.3) is 11.1 Å². The molecule has 0 aliphatic heterocycles. The highest BCUT2D eigenvalue weighted by Crippen LogP contribution is 2.23. The summed E-state index contributed by atoms with van der Waals surface area (Å²) in [5.41, 5.74) is 3.71. The minimum absolute atomic E-state index is 0.467. The maximum atomic E-state index is 10.7. The van der Waals surface area contributed by atoms with Gasteiger partial charge in [-0.1, -0.05) is 29.8 Å². The maximum Gasteiger partial charge on any atom is 0.150 e. The molecule has 3 heteroatoms. The number of aryl methyl sites for hydroxylation is 1. The fraction of sp³-hybridized carbons (Fsp3) is 0.0769. The average molecular weight is 232 g/mol. The van der Waals surface area contributed by atoms with Gasteiger partial charge in [-0.05, 0) is 35.7 Å². The van der Waals surface area contributed by atoms with E-state index >= 15 is 0 Å². The maximum absolute atomic E-state index is 10.7. The highest BCUT2D eigenvalue weighted by Gasteiger charge is 2.02. The average Bonchev–Trinajstić information content (AvgIpc) is 2.29. The van der Waals surface area contributed by atoms with Crippen LogP contribution in [-0.2, 0) is 0 Å². The Balaban J connectivity index is 2.49. The predicted molar refractivity (Wildman–Crippen MR) is 64.8 cm³/mol. The minimum Gasteiger partial charge on any atom is -0.298 e. The molecule has 0 saturated carbocycles. The number of benzene rings is 1. The molecule has 2 aromatic rings. The van der Waals surface area contributed by atoms with E-state index in [0.29, 0.717) is 10.7 Å². The van der Waals surface area contributed by atoms with Crippen molar-refractivity contribution < 1.29 is 4.79 Å². The normalized spacial score (nSPS) is 10.1. The zero-order valence-electron chi connectivity index (χ0n) is 8.77. The van der Waals surface area contributed by atoms with Gasteiger partial charge in [-0.3, -0.25) is 4.79 Å². The van der Waals surface area contributed by atoms with Crippen LogP contribution in [0.4, 0.5) is 0 Å². The highest BCUT2D eigenvalue weighted by molar-refractivity contribution is 6.29. The molecule has 0 fully saturated rings. The SMILES string of the molecule is Cc1cc(-c2ccnc(Cl)c2)ccc1C=O.